The van der Waals surface area contributed by atoms with E-state index in [4.69, 9.17) is 4.74 Å². The highest BCUT2D eigenvalue weighted by molar-refractivity contribution is 6.33. The van der Waals surface area contributed by atoms with Gasteiger partial charge in [-0.1, -0.05) is 0 Å². The van der Waals surface area contributed by atoms with Gasteiger partial charge in [0.15, 0.2) is 0 Å². The number of morpholine rings is 1. The SMILES string of the molecule is CN1C(=O)/C(=C2/COCCN2)c2cc(NC3CC4CCC(C3)N4C)ccc21. The molecule has 2 unspecified atom stereocenters. The van der Waals surface area contributed by atoms with E-state index < -0.39 is 0 Å². The quantitative estimate of drug-likeness (QED) is 0.783. The third kappa shape index (κ3) is 2.82. The number of nitrogens with zero attached hydrogens (tertiary/aromatic N) is 2. The molecule has 5 rings (SSSR count). The highest BCUT2D eigenvalue weighted by Gasteiger charge is 2.38. The van der Waals surface area contributed by atoms with Gasteiger partial charge in [0.2, 0.25) is 0 Å². The molecule has 3 fully saturated rings. The van der Waals surface area contributed by atoms with Gasteiger partial charge in [0.05, 0.1) is 30.2 Å². The predicted molar refractivity (Wildman–Crippen MR) is 107 cm³/mol. The van der Waals surface area contributed by atoms with Crippen LogP contribution in [-0.4, -0.2) is 62.8 Å². The molecule has 0 saturated carbocycles. The largest absolute Gasteiger partial charge is 0.383 e. The Bertz CT molecular complexity index is 783. The van der Waals surface area contributed by atoms with E-state index in [0.29, 0.717) is 31.3 Å². The van der Waals surface area contributed by atoms with Crippen LogP contribution in [0.5, 0.6) is 0 Å². The molecule has 2 bridgehead atoms. The van der Waals surface area contributed by atoms with Gasteiger partial charge in [0, 0.05) is 43.0 Å². The number of amides is 1. The van der Waals surface area contributed by atoms with Gasteiger partial charge in [-0.05, 0) is 50.9 Å². The summed E-state index contributed by atoms with van der Waals surface area (Å²) in [5, 5.41) is 7.11. The normalized spacial score (nSPS) is 33.2. The third-order valence-electron chi connectivity index (χ3n) is 6.75. The van der Waals surface area contributed by atoms with Gasteiger partial charge >= 0.3 is 0 Å². The van der Waals surface area contributed by atoms with E-state index in [1.807, 2.05) is 7.05 Å². The molecule has 4 aliphatic heterocycles. The highest BCUT2D eigenvalue weighted by Crippen LogP contribution is 2.40. The number of fused-ring (bicyclic) bond motifs is 3. The van der Waals surface area contributed by atoms with Crippen molar-refractivity contribution in [2.75, 3.05) is 44.1 Å². The molecule has 1 amide bonds. The van der Waals surface area contributed by atoms with Crippen LogP contribution in [0.3, 0.4) is 0 Å². The first-order valence-electron chi connectivity index (χ1n) is 10.1. The molecule has 0 aromatic heterocycles. The number of carbonyl (C=O) groups excluding carboxylic acids is 1. The molecule has 27 heavy (non-hydrogen) atoms. The van der Waals surface area contributed by atoms with Gasteiger partial charge in [0.1, 0.15) is 0 Å². The average Bonchev–Trinajstić information content (AvgIpc) is 3.03. The molecule has 3 saturated heterocycles. The number of anilines is 2. The van der Waals surface area contributed by atoms with E-state index in [0.717, 1.165) is 34.8 Å². The lowest BCUT2D eigenvalue weighted by atomic mass is 9.97. The minimum absolute atomic E-state index is 0.0486. The van der Waals surface area contributed by atoms with Crippen molar-refractivity contribution in [3.63, 3.8) is 0 Å². The van der Waals surface area contributed by atoms with Crippen LogP contribution in [0.25, 0.3) is 5.57 Å². The molecule has 1 aromatic rings. The summed E-state index contributed by atoms with van der Waals surface area (Å²) >= 11 is 0. The zero-order valence-corrected chi connectivity index (χ0v) is 16.1. The van der Waals surface area contributed by atoms with Crippen LogP contribution in [0.4, 0.5) is 11.4 Å². The van der Waals surface area contributed by atoms with E-state index in [2.05, 4.69) is 40.8 Å². The van der Waals surface area contributed by atoms with Crippen LogP contribution in [0.1, 0.15) is 31.2 Å². The number of nitrogens with one attached hydrogen (secondary N) is 2. The van der Waals surface area contributed by atoms with Crippen LogP contribution in [-0.2, 0) is 9.53 Å². The van der Waals surface area contributed by atoms with E-state index in [9.17, 15) is 4.79 Å². The topological polar surface area (TPSA) is 56.8 Å². The van der Waals surface area contributed by atoms with Crippen molar-refractivity contribution in [3.05, 3.63) is 29.5 Å². The van der Waals surface area contributed by atoms with Crippen molar-refractivity contribution in [1.29, 1.82) is 0 Å². The van der Waals surface area contributed by atoms with Gasteiger partial charge in [-0.3, -0.25) is 4.79 Å². The summed E-state index contributed by atoms with van der Waals surface area (Å²) in [5.41, 5.74) is 4.77. The fourth-order valence-corrected chi connectivity index (χ4v) is 5.23. The maximum absolute atomic E-state index is 12.8. The fourth-order valence-electron chi connectivity index (χ4n) is 5.23. The Morgan fingerprint density at radius 1 is 1.19 bits per heavy atom. The molecule has 6 heteroatoms. The molecule has 1 aromatic carbocycles. The first-order chi connectivity index (χ1) is 13.1. The van der Waals surface area contributed by atoms with E-state index in [1.165, 1.54) is 25.7 Å². The second kappa shape index (κ2) is 6.53. The number of piperidine rings is 1. The van der Waals surface area contributed by atoms with E-state index in [-0.39, 0.29) is 5.91 Å². The van der Waals surface area contributed by atoms with Gasteiger partial charge in [0.25, 0.3) is 5.91 Å². The zero-order valence-electron chi connectivity index (χ0n) is 16.1. The summed E-state index contributed by atoms with van der Waals surface area (Å²) in [7, 11) is 4.12. The lowest BCUT2D eigenvalue weighted by Gasteiger charge is -2.37. The Hall–Kier alpha value is -2.05. The predicted octanol–water partition coefficient (Wildman–Crippen LogP) is 2.03. The minimum atomic E-state index is 0.0486. The maximum atomic E-state index is 12.8. The summed E-state index contributed by atoms with van der Waals surface area (Å²) in [6.45, 7) is 1.92. The molecule has 0 radical (unpaired) electrons. The number of benzene rings is 1. The monoisotopic (exact) mass is 368 g/mol. The van der Waals surface area contributed by atoms with Crippen molar-refractivity contribution in [3.8, 4) is 0 Å². The summed E-state index contributed by atoms with van der Waals surface area (Å²) < 4.78 is 5.57. The molecule has 144 valence electrons. The smallest absolute Gasteiger partial charge is 0.260 e. The van der Waals surface area contributed by atoms with Crippen molar-refractivity contribution in [2.24, 2.45) is 0 Å². The fraction of sp³-hybridized carbons (Fsp3) is 0.571. The molecule has 0 aliphatic carbocycles. The first kappa shape index (κ1) is 17.1. The highest BCUT2D eigenvalue weighted by atomic mass is 16.5. The standard InChI is InChI=1S/C21H28N4O2/c1-24-15-4-5-16(24)10-14(9-15)23-13-3-6-19-17(11-13)20(21(26)25(19)2)18-12-27-8-7-22-18/h3,6,11,14-16,22-23H,4-5,7-10,12H2,1-2H3/b20-18-. The van der Waals surface area contributed by atoms with Crippen LogP contribution >= 0.6 is 0 Å². The molecular formula is C21H28N4O2. The van der Waals surface area contributed by atoms with E-state index in [1.54, 1.807) is 4.90 Å². The number of rotatable bonds is 2. The lowest BCUT2D eigenvalue weighted by molar-refractivity contribution is -0.112. The van der Waals surface area contributed by atoms with Crippen LogP contribution in [0, 0.1) is 0 Å². The van der Waals surface area contributed by atoms with Crippen molar-refractivity contribution < 1.29 is 9.53 Å². The third-order valence-corrected chi connectivity index (χ3v) is 6.75. The first-order valence-corrected chi connectivity index (χ1v) is 10.1. The Morgan fingerprint density at radius 3 is 2.67 bits per heavy atom. The molecule has 0 spiro atoms. The lowest BCUT2D eigenvalue weighted by Crippen LogP contribution is -2.44. The Balaban J connectivity index is 1.43. The Morgan fingerprint density at radius 2 is 1.96 bits per heavy atom. The van der Waals surface area contributed by atoms with Crippen LogP contribution in [0.2, 0.25) is 0 Å². The molecule has 6 nitrogen and oxygen atoms in total. The maximum Gasteiger partial charge on any atom is 0.260 e. The number of hydrogen-bond donors (Lipinski definition) is 2. The van der Waals surface area contributed by atoms with Gasteiger partial charge in [-0.15, -0.1) is 0 Å². The number of ether oxygens (including phenoxy) is 1. The van der Waals surface area contributed by atoms with Gasteiger partial charge in [-0.2, -0.15) is 0 Å². The molecule has 2 atom stereocenters. The van der Waals surface area contributed by atoms with Crippen molar-refractivity contribution in [2.45, 2.75) is 43.8 Å². The minimum Gasteiger partial charge on any atom is -0.383 e. The second-order valence-corrected chi connectivity index (χ2v) is 8.29. The average molecular weight is 368 g/mol. The summed E-state index contributed by atoms with van der Waals surface area (Å²) in [5.74, 6) is 0.0486. The van der Waals surface area contributed by atoms with Crippen molar-refractivity contribution in [1.82, 2.24) is 10.2 Å². The Kier molecular flexibility index (Phi) is 4.13. The number of likely N-dealkylation sites (N-methyl/N-ethyl adjacent to an activating group) is 1. The van der Waals surface area contributed by atoms with E-state index >= 15 is 0 Å². The van der Waals surface area contributed by atoms with Crippen molar-refractivity contribution >= 4 is 22.9 Å². The molecule has 4 aliphatic rings. The zero-order chi connectivity index (χ0) is 18.5. The summed E-state index contributed by atoms with van der Waals surface area (Å²) in [6, 6.07) is 8.26. The summed E-state index contributed by atoms with van der Waals surface area (Å²) in [6.07, 6.45) is 5.05. The van der Waals surface area contributed by atoms with Crippen LogP contribution in [0.15, 0.2) is 23.9 Å². The second-order valence-electron chi connectivity index (χ2n) is 8.29. The Labute approximate surface area is 160 Å². The summed E-state index contributed by atoms with van der Waals surface area (Å²) in [4.78, 5) is 17.1. The van der Waals surface area contributed by atoms with Crippen LogP contribution < -0.4 is 15.5 Å². The molecular weight excluding hydrogens is 340 g/mol. The number of carbonyl (C=O) groups is 1. The number of hydrogen-bond acceptors (Lipinski definition) is 5. The van der Waals surface area contributed by atoms with Gasteiger partial charge < -0.3 is 25.2 Å². The molecule has 4 heterocycles. The van der Waals surface area contributed by atoms with Gasteiger partial charge in [-0.25, -0.2) is 0 Å². The molecule has 2 N–H and O–H groups in total.